The maximum atomic E-state index is 12.0. The second-order valence-electron chi connectivity index (χ2n) is 5.41. The molecule has 1 aliphatic rings. The Morgan fingerprint density at radius 3 is 2.56 bits per heavy atom. The van der Waals surface area contributed by atoms with Gasteiger partial charge in [-0.3, -0.25) is 4.79 Å². The van der Waals surface area contributed by atoms with Crippen molar-refractivity contribution in [1.82, 2.24) is 0 Å². The second kappa shape index (κ2) is 4.40. The van der Waals surface area contributed by atoms with E-state index in [0.29, 0.717) is 12.3 Å². The van der Waals surface area contributed by atoms with Crippen LogP contribution in [0.25, 0.3) is 0 Å². The Morgan fingerprint density at radius 2 is 2.19 bits per heavy atom. The van der Waals surface area contributed by atoms with Gasteiger partial charge < -0.3 is 0 Å². The van der Waals surface area contributed by atoms with Crippen LogP contribution in [0.4, 0.5) is 0 Å². The number of hydrogen-bond donors (Lipinski definition) is 0. The van der Waals surface area contributed by atoms with Crippen molar-refractivity contribution < 1.29 is 4.79 Å². The van der Waals surface area contributed by atoms with Crippen LogP contribution in [-0.4, -0.2) is 5.78 Å². The molecule has 0 heterocycles. The van der Waals surface area contributed by atoms with E-state index in [2.05, 4.69) is 40.0 Å². The monoisotopic (exact) mass is 218 g/mol. The third-order valence-electron chi connectivity index (χ3n) is 3.54. The highest BCUT2D eigenvalue weighted by molar-refractivity contribution is 5.97. The third-order valence-corrected chi connectivity index (χ3v) is 3.54. The van der Waals surface area contributed by atoms with Crippen molar-refractivity contribution in [2.45, 2.75) is 34.1 Å². The Bertz CT molecular complexity index is 360. The van der Waals surface area contributed by atoms with Gasteiger partial charge in [0.05, 0.1) is 0 Å². The minimum absolute atomic E-state index is 0.165. The normalized spacial score (nSPS) is 30.2. The van der Waals surface area contributed by atoms with E-state index in [0.717, 1.165) is 11.1 Å². The molecule has 1 heteroatoms. The molecular weight excluding hydrogens is 196 g/mol. The van der Waals surface area contributed by atoms with Crippen molar-refractivity contribution in [2.24, 2.45) is 17.3 Å². The first-order chi connectivity index (χ1) is 7.31. The number of allylic oxidation sites excluding steroid dienone is 4. The maximum absolute atomic E-state index is 12.0. The fourth-order valence-electron chi connectivity index (χ4n) is 2.44. The topological polar surface area (TPSA) is 17.1 Å². The average molecular weight is 218 g/mol. The molecule has 1 nitrogen and oxygen atoms in total. The molecule has 0 fully saturated rings. The summed E-state index contributed by atoms with van der Waals surface area (Å²) >= 11 is 0. The summed E-state index contributed by atoms with van der Waals surface area (Å²) in [5, 5.41) is 0. The van der Waals surface area contributed by atoms with Gasteiger partial charge in [0, 0.05) is 17.8 Å². The van der Waals surface area contributed by atoms with Crippen LogP contribution in [0.1, 0.15) is 34.1 Å². The lowest BCUT2D eigenvalue weighted by molar-refractivity contribution is -0.118. The van der Waals surface area contributed by atoms with Crippen LogP contribution in [0.5, 0.6) is 0 Å². The summed E-state index contributed by atoms with van der Waals surface area (Å²) in [6.07, 6.45) is 4.55. The van der Waals surface area contributed by atoms with Gasteiger partial charge in [0.25, 0.3) is 0 Å². The number of Topliss-reactive ketones (excluding diaryl/α,β-unsaturated/α-hetero) is 1. The maximum Gasteiger partial charge on any atom is 0.159 e. The fourth-order valence-corrected chi connectivity index (χ4v) is 2.44. The van der Waals surface area contributed by atoms with Crippen molar-refractivity contribution in [3.63, 3.8) is 0 Å². The van der Waals surface area contributed by atoms with Gasteiger partial charge in [-0.25, -0.2) is 0 Å². The first-order valence-electron chi connectivity index (χ1n) is 5.85. The van der Waals surface area contributed by atoms with Crippen molar-refractivity contribution in [3.05, 3.63) is 36.5 Å². The van der Waals surface area contributed by atoms with E-state index in [1.165, 1.54) is 0 Å². The van der Waals surface area contributed by atoms with E-state index >= 15 is 0 Å². The zero-order chi connectivity index (χ0) is 12.5. The largest absolute Gasteiger partial charge is 0.295 e. The quantitative estimate of drug-likeness (QED) is 0.656. The van der Waals surface area contributed by atoms with E-state index in [9.17, 15) is 4.79 Å². The van der Waals surface area contributed by atoms with E-state index in [1.807, 2.05) is 13.0 Å². The van der Waals surface area contributed by atoms with Gasteiger partial charge in [0.2, 0.25) is 0 Å². The summed E-state index contributed by atoms with van der Waals surface area (Å²) in [4.78, 5) is 12.0. The number of ketones is 1. The first-order valence-corrected chi connectivity index (χ1v) is 5.85. The zero-order valence-electron chi connectivity index (χ0n) is 10.8. The number of hydrogen-bond acceptors (Lipinski definition) is 1. The lowest BCUT2D eigenvalue weighted by Gasteiger charge is -2.38. The average Bonchev–Trinajstić information content (AvgIpc) is 2.16. The predicted molar refractivity (Wildman–Crippen MR) is 69.2 cm³/mol. The van der Waals surface area contributed by atoms with E-state index in [4.69, 9.17) is 0 Å². The zero-order valence-corrected chi connectivity index (χ0v) is 10.8. The molecule has 16 heavy (non-hydrogen) atoms. The molecule has 0 aromatic heterocycles. The van der Waals surface area contributed by atoms with Crippen molar-refractivity contribution >= 4 is 5.78 Å². The molecule has 0 amide bonds. The van der Waals surface area contributed by atoms with Crippen LogP contribution in [0, 0.1) is 17.3 Å². The molecule has 0 saturated carbocycles. The van der Waals surface area contributed by atoms with Crippen molar-refractivity contribution in [3.8, 4) is 0 Å². The molecule has 0 aromatic rings. The molecule has 0 unspecified atom stereocenters. The van der Waals surface area contributed by atoms with Gasteiger partial charge in [-0.05, 0) is 18.4 Å². The summed E-state index contributed by atoms with van der Waals surface area (Å²) in [5.74, 6) is 0.790. The Labute approximate surface area is 98.9 Å². The van der Waals surface area contributed by atoms with Gasteiger partial charge in [-0.1, -0.05) is 45.1 Å². The molecule has 0 radical (unpaired) electrons. The highest BCUT2D eigenvalue weighted by atomic mass is 16.1. The Kier molecular flexibility index (Phi) is 3.57. The molecule has 0 bridgehead atoms. The molecule has 1 rings (SSSR count). The molecule has 0 spiro atoms. The second-order valence-corrected chi connectivity index (χ2v) is 5.41. The van der Waals surface area contributed by atoms with Crippen LogP contribution in [0.2, 0.25) is 0 Å². The van der Waals surface area contributed by atoms with Crippen LogP contribution < -0.4 is 0 Å². The van der Waals surface area contributed by atoms with Gasteiger partial charge in [-0.2, -0.15) is 0 Å². The smallest absolute Gasteiger partial charge is 0.159 e. The predicted octanol–water partition coefficient (Wildman–Crippen LogP) is 3.93. The molecule has 2 atom stereocenters. The highest BCUT2D eigenvalue weighted by Crippen LogP contribution is 2.43. The van der Waals surface area contributed by atoms with Gasteiger partial charge >= 0.3 is 0 Å². The Morgan fingerprint density at radius 1 is 1.62 bits per heavy atom. The standard InChI is InChI=1S/C15H22O/c1-7-15(6)9-14(16)12(10(2)3)8-13(15)11(4)5/h7-8,10,13H,1,4,9H2,2-3,5-6H3/t13-,15+/m1/s1. The van der Waals surface area contributed by atoms with Crippen molar-refractivity contribution in [2.75, 3.05) is 0 Å². The van der Waals surface area contributed by atoms with Crippen molar-refractivity contribution in [1.29, 1.82) is 0 Å². The Balaban J connectivity index is 3.22. The summed E-state index contributed by atoms with van der Waals surface area (Å²) in [6, 6.07) is 0. The third kappa shape index (κ3) is 2.18. The lowest BCUT2D eigenvalue weighted by atomic mass is 9.65. The van der Waals surface area contributed by atoms with Gasteiger partial charge in [-0.15, -0.1) is 6.58 Å². The molecule has 0 aromatic carbocycles. The fraction of sp³-hybridized carbons (Fsp3) is 0.533. The Hall–Kier alpha value is -1.11. The molecule has 0 saturated heterocycles. The van der Waals surface area contributed by atoms with Gasteiger partial charge in [0.15, 0.2) is 5.78 Å². The van der Waals surface area contributed by atoms with E-state index < -0.39 is 0 Å². The highest BCUT2D eigenvalue weighted by Gasteiger charge is 2.38. The van der Waals surface area contributed by atoms with Crippen LogP contribution in [0.3, 0.4) is 0 Å². The van der Waals surface area contributed by atoms with Crippen LogP contribution >= 0.6 is 0 Å². The van der Waals surface area contributed by atoms with E-state index in [-0.39, 0.29) is 17.1 Å². The SMILES string of the molecule is C=C[C@@]1(C)CC(=O)C(C(C)C)=C[C@@H]1C(=C)C. The number of rotatable bonds is 3. The van der Waals surface area contributed by atoms with Crippen LogP contribution in [-0.2, 0) is 4.79 Å². The number of carbonyl (C=O) groups excluding carboxylic acids is 1. The summed E-state index contributed by atoms with van der Waals surface area (Å²) in [6.45, 7) is 16.2. The molecule has 1 aliphatic carbocycles. The first kappa shape index (κ1) is 13.0. The minimum atomic E-state index is -0.165. The van der Waals surface area contributed by atoms with E-state index in [1.54, 1.807) is 0 Å². The molecule has 0 N–H and O–H groups in total. The molecular formula is C15H22O. The number of carbonyl (C=O) groups is 1. The summed E-state index contributed by atoms with van der Waals surface area (Å²) in [7, 11) is 0. The molecule has 0 aliphatic heterocycles. The minimum Gasteiger partial charge on any atom is -0.295 e. The summed E-state index contributed by atoms with van der Waals surface area (Å²) in [5.41, 5.74) is 1.89. The lowest BCUT2D eigenvalue weighted by Crippen LogP contribution is -2.33. The van der Waals surface area contributed by atoms with Crippen LogP contribution in [0.15, 0.2) is 36.5 Å². The summed E-state index contributed by atoms with van der Waals surface area (Å²) < 4.78 is 0. The van der Waals surface area contributed by atoms with Gasteiger partial charge in [0.1, 0.15) is 0 Å². The molecule has 88 valence electrons.